The highest BCUT2D eigenvalue weighted by atomic mass is 32.2. The molecule has 0 saturated heterocycles. The van der Waals surface area contributed by atoms with Gasteiger partial charge in [0.15, 0.2) is 5.65 Å². The SMILES string of the molecule is Nc1nc(Sc2ccc([N+](=O)[O-])cc2)c2ncn(CC3([O])CC3)c2n1. The maximum atomic E-state index is 12.1. The summed E-state index contributed by atoms with van der Waals surface area (Å²) >= 11 is 1.29. The predicted molar refractivity (Wildman–Crippen MR) is 89.6 cm³/mol. The molecule has 0 unspecified atom stereocenters. The Labute approximate surface area is 146 Å². The first-order valence-electron chi connectivity index (χ1n) is 7.55. The summed E-state index contributed by atoms with van der Waals surface area (Å²) in [5.41, 5.74) is 5.98. The highest BCUT2D eigenvalue weighted by Crippen LogP contribution is 2.39. The fraction of sp³-hybridized carbons (Fsp3) is 0.267. The van der Waals surface area contributed by atoms with Crippen LogP contribution < -0.4 is 5.73 Å². The van der Waals surface area contributed by atoms with Crippen molar-refractivity contribution in [2.24, 2.45) is 0 Å². The normalized spacial score (nSPS) is 15.4. The van der Waals surface area contributed by atoms with Crippen LogP contribution in [0.25, 0.3) is 11.2 Å². The lowest BCUT2D eigenvalue weighted by molar-refractivity contribution is -0.384. The lowest BCUT2D eigenvalue weighted by Crippen LogP contribution is -2.15. The Morgan fingerprint density at radius 1 is 1.28 bits per heavy atom. The molecule has 1 radical (unpaired) electrons. The molecule has 0 bridgehead atoms. The molecule has 0 atom stereocenters. The van der Waals surface area contributed by atoms with E-state index in [2.05, 4.69) is 15.0 Å². The zero-order valence-corrected chi connectivity index (χ0v) is 13.8. The number of nitrogens with zero attached hydrogens (tertiary/aromatic N) is 5. The number of imidazole rings is 1. The molecule has 3 aromatic rings. The Morgan fingerprint density at radius 3 is 2.64 bits per heavy atom. The van der Waals surface area contributed by atoms with E-state index in [1.165, 1.54) is 23.9 Å². The highest BCUT2D eigenvalue weighted by Gasteiger charge is 2.43. The van der Waals surface area contributed by atoms with Gasteiger partial charge in [-0.05, 0) is 25.0 Å². The molecule has 0 aliphatic heterocycles. The van der Waals surface area contributed by atoms with Crippen LogP contribution in [-0.2, 0) is 11.7 Å². The van der Waals surface area contributed by atoms with Gasteiger partial charge in [0.2, 0.25) is 5.95 Å². The fourth-order valence-corrected chi connectivity index (χ4v) is 3.35. The van der Waals surface area contributed by atoms with E-state index in [0.717, 1.165) is 4.90 Å². The molecule has 2 N–H and O–H groups in total. The van der Waals surface area contributed by atoms with Crippen LogP contribution in [0.1, 0.15) is 12.8 Å². The number of non-ortho nitro benzene ring substituents is 1. The fourth-order valence-electron chi connectivity index (χ4n) is 2.48. The second-order valence-corrected chi connectivity index (χ2v) is 7.03. The molecule has 0 amide bonds. The molecule has 2 aromatic heterocycles. The monoisotopic (exact) mass is 357 g/mol. The number of nitrogens with two attached hydrogens (primary N) is 1. The number of benzene rings is 1. The summed E-state index contributed by atoms with van der Waals surface area (Å²) in [5, 5.41) is 23.4. The van der Waals surface area contributed by atoms with E-state index in [4.69, 9.17) is 5.73 Å². The summed E-state index contributed by atoms with van der Waals surface area (Å²) in [6, 6.07) is 6.13. The van der Waals surface area contributed by atoms with Crippen molar-refractivity contribution < 1.29 is 10.0 Å². The van der Waals surface area contributed by atoms with Crippen LogP contribution in [0, 0.1) is 10.1 Å². The molecule has 9 nitrogen and oxygen atoms in total. The van der Waals surface area contributed by atoms with E-state index in [1.807, 2.05) is 0 Å². The van der Waals surface area contributed by atoms with E-state index in [1.54, 1.807) is 23.0 Å². The molecule has 127 valence electrons. The van der Waals surface area contributed by atoms with Crippen LogP contribution in [0.2, 0.25) is 0 Å². The van der Waals surface area contributed by atoms with Gasteiger partial charge < -0.3 is 10.3 Å². The third-order valence-corrected chi connectivity index (χ3v) is 4.96. The van der Waals surface area contributed by atoms with Crippen molar-refractivity contribution in [2.75, 3.05) is 5.73 Å². The smallest absolute Gasteiger partial charge is 0.269 e. The number of aromatic nitrogens is 4. The van der Waals surface area contributed by atoms with Crippen molar-refractivity contribution in [2.45, 2.75) is 34.9 Å². The molecule has 10 heteroatoms. The van der Waals surface area contributed by atoms with Gasteiger partial charge in [0.25, 0.3) is 5.69 Å². The van der Waals surface area contributed by atoms with Crippen LogP contribution in [0.3, 0.4) is 0 Å². The molecule has 1 fully saturated rings. The van der Waals surface area contributed by atoms with Crippen LogP contribution in [0.4, 0.5) is 11.6 Å². The van der Waals surface area contributed by atoms with Crippen LogP contribution in [0.5, 0.6) is 0 Å². The van der Waals surface area contributed by atoms with Crippen molar-refractivity contribution in [3.05, 3.63) is 40.7 Å². The molecular formula is C15H13N6O3S. The highest BCUT2D eigenvalue weighted by molar-refractivity contribution is 7.99. The number of nitro benzene ring substituents is 1. The second kappa shape index (κ2) is 5.67. The van der Waals surface area contributed by atoms with E-state index in [0.29, 0.717) is 35.6 Å². The van der Waals surface area contributed by atoms with Gasteiger partial charge in [-0.15, -0.1) is 0 Å². The number of anilines is 1. The van der Waals surface area contributed by atoms with Crippen molar-refractivity contribution in [3.63, 3.8) is 0 Å². The van der Waals surface area contributed by atoms with Crippen molar-refractivity contribution >= 4 is 34.6 Å². The average molecular weight is 357 g/mol. The Bertz CT molecular complexity index is 967. The number of nitro groups is 1. The molecule has 1 aliphatic rings. The first-order valence-corrected chi connectivity index (χ1v) is 8.36. The third-order valence-electron chi connectivity index (χ3n) is 3.98. The molecule has 25 heavy (non-hydrogen) atoms. The lowest BCUT2D eigenvalue weighted by atomic mass is 10.3. The molecular weight excluding hydrogens is 344 g/mol. The second-order valence-electron chi connectivity index (χ2n) is 5.97. The molecule has 1 saturated carbocycles. The number of fused-ring (bicyclic) bond motifs is 1. The quantitative estimate of drug-likeness (QED) is 0.421. The van der Waals surface area contributed by atoms with E-state index < -0.39 is 10.5 Å². The zero-order chi connectivity index (χ0) is 17.6. The number of hydrogen-bond donors (Lipinski definition) is 1. The molecule has 1 aromatic carbocycles. The Kier molecular flexibility index (Phi) is 3.58. The minimum Gasteiger partial charge on any atom is -0.368 e. The topological polar surface area (TPSA) is 133 Å². The Balaban J connectivity index is 1.68. The van der Waals surface area contributed by atoms with Crippen LogP contribution in [0.15, 0.2) is 40.5 Å². The maximum absolute atomic E-state index is 12.1. The standard InChI is InChI=1S/C15H13N6O3S/c16-14-18-12-11(17-8-20(12)7-15(22)5-6-15)13(19-14)25-10-3-1-9(2-4-10)21(23)24/h1-4,8H,5-7H2,(H2,16,18,19). The van der Waals surface area contributed by atoms with Gasteiger partial charge in [-0.25, -0.2) is 15.1 Å². The Morgan fingerprint density at radius 2 is 2.00 bits per heavy atom. The molecule has 4 rings (SSSR count). The molecule has 2 heterocycles. The van der Waals surface area contributed by atoms with Gasteiger partial charge in [-0.2, -0.15) is 4.98 Å². The van der Waals surface area contributed by atoms with Gasteiger partial charge in [-0.3, -0.25) is 10.1 Å². The first-order chi connectivity index (χ1) is 11.9. The molecule has 0 spiro atoms. The van der Waals surface area contributed by atoms with E-state index in [-0.39, 0.29) is 11.6 Å². The lowest BCUT2D eigenvalue weighted by Gasteiger charge is -2.08. The van der Waals surface area contributed by atoms with Gasteiger partial charge in [-0.1, -0.05) is 11.8 Å². The van der Waals surface area contributed by atoms with Crippen molar-refractivity contribution in [1.29, 1.82) is 0 Å². The minimum atomic E-state index is -0.932. The van der Waals surface area contributed by atoms with Gasteiger partial charge >= 0.3 is 0 Å². The molecule has 1 aliphatic carbocycles. The summed E-state index contributed by atoms with van der Waals surface area (Å²) in [6.07, 6.45) is 2.88. The van der Waals surface area contributed by atoms with Crippen LogP contribution >= 0.6 is 11.8 Å². The maximum Gasteiger partial charge on any atom is 0.269 e. The number of nitrogen functional groups attached to an aromatic ring is 1. The van der Waals surface area contributed by atoms with Gasteiger partial charge in [0.1, 0.15) is 16.1 Å². The van der Waals surface area contributed by atoms with Gasteiger partial charge in [0, 0.05) is 17.0 Å². The first kappa shape index (κ1) is 15.8. The third kappa shape index (κ3) is 3.13. The minimum absolute atomic E-state index is 0.0196. The number of hydrogen-bond acceptors (Lipinski definition) is 7. The number of rotatable bonds is 5. The largest absolute Gasteiger partial charge is 0.368 e. The van der Waals surface area contributed by atoms with Crippen LogP contribution in [-0.4, -0.2) is 30.0 Å². The van der Waals surface area contributed by atoms with Crippen molar-refractivity contribution in [1.82, 2.24) is 19.5 Å². The van der Waals surface area contributed by atoms with Crippen molar-refractivity contribution in [3.8, 4) is 0 Å². The van der Waals surface area contributed by atoms with E-state index in [9.17, 15) is 15.2 Å². The summed E-state index contributed by atoms with van der Waals surface area (Å²) in [4.78, 5) is 23.8. The van der Waals surface area contributed by atoms with Gasteiger partial charge in [0.05, 0.1) is 17.8 Å². The predicted octanol–water partition coefficient (Wildman–Crippen LogP) is 2.43. The summed E-state index contributed by atoms with van der Waals surface area (Å²) in [7, 11) is 0. The zero-order valence-electron chi connectivity index (χ0n) is 13.0. The Hall–Kier alpha value is -2.72. The summed E-state index contributed by atoms with van der Waals surface area (Å²) < 4.78 is 1.72. The average Bonchev–Trinajstić information content (AvgIpc) is 3.17. The summed E-state index contributed by atoms with van der Waals surface area (Å²) in [5.74, 6) is 0.0920. The summed E-state index contributed by atoms with van der Waals surface area (Å²) in [6.45, 7) is 0.307. The van der Waals surface area contributed by atoms with E-state index >= 15 is 0 Å².